The Bertz CT molecular complexity index is 1030. The van der Waals surface area contributed by atoms with E-state index in [0.29, 0.717) is 16.8 Å². The zero-order valence-corrected chi connectivity index (χ0v) is 18.2. The molecule has 0 atom stereocenters. The molecule has 0 aliphatic carbocycles. The van der Waals surface area contributed by atoms with E-state index in [2.05, 4.69) is 0 Å². The van der Waals surface area contributed by atoms with Crippen LogP contribution in [-0.2, 0) is 29.5 Å². The molecule has 0 unspecified atom stereocenters. The van der Waals surface area contributed by atoms with E-state index >= 15 is 0 Å². The number of carbonyl (C=O) groups excluding carboxylic acids is 3. The highest BCUT2D eigenvalue weighted by atomic mass is 16.6. The number of aliphatic hydroxyl groups is 1. The number of rotatable bonds is 9. The molecule has 3 aromatic carbocycles. The zero-order valence-electron chi connectivity index (χ0n) is 18.2. The molecule has 1 amide bonds. The number of esters is 2. The summed E-state index contributed by atoms with van der Waals surface area (Å²) >= 11 is 0. The maximum absolute atomic E-state index is 13.1. The van der Waals surface area contributed by atoms with Gasteiger partial charge in [-0.05, 0) is 30.2 Å². The van der Waals surface area contributed by atoms with E-state index < -0.39 is 30.1 Å². The van der Waals surface area contributed by atoms with E-state index in [4.69, 9.17) is 9.47 Å². The topological polar surface area (TPSA) is 93.1 Å². The van der Waals surface area contributed by atoms with Crippen LogP contribution in [0.4, 0.5) is 5.69 Å². The molecular weight excluding hydrogens is 422 g/mol. The van der Waals surface area contributed by atoms with Crippen LogP contribution in [0.1, 0.15) is 18.1 Å². The van der Waals surface area contributed by atoms with Crippen molar-refractivity contribution in [2.75, 3.05) is 24.7 Å². The van der Waals surface area contributed by atoms with Gasteiger partial charge in [-0.25, -0.2) is 4.79 Å². The quantitative estimate of drug-likeness (QED) is 0.507. The van der Waals surface area contributed by atoms with Gasteiger partial charge in [0.2, 0.25) is 5.60 Å². The Labute approximate surface area is 192 Å². The summed E-state index contributed by atoms with van der Waals surface area (Å²) in [6.07, 6.45) is 0. The lowest BCUT2D eigenvalue weighted by atomic mass is 9.86. The van der Waals surface area contributed by atoms with Crippen molar-refractivity contribution in [1.82, 2.24) is 0 Å². The summed E-state index contributed by atoms with van der Waals surface area (Å²) in [6, 6.07) is 25.2. The van der Waals surface area contributed by atoms with E-state index in [1.807, 2.05) is 0 Å². The zero-order chi connectivity index (χ0) is 23.7. The number of benzene rings is 3. The molecule has 0 bridgehead atoms. The molecule has 7 nitrogen and oxygen atoms in total. The molecule has 0 fully saturated rings. The lowest BCUT2D eigenvalue weighted by Gasteiger charge is -2.28. The van der Waals surface area contributed by atoms with Gasteiger partial charge in [-0.2, -0.15) is 0 Å². The van der Waals surface area contributed by atoms with E-state index in [1.165, 1.54) is 4.90 Å². The molecule has 0 aromatic heterocycles. The monoisotopic (exact) mass is 447 g/mol. The summed E-state index contributed by atoms with van der Waals surface area (Å²) in [5, 5.41) is 11.4. The van der Waals surface area contributed by atoms with Crippen molar-refractivity contribution < 1.29 is 29.0 Å². The Morgan fingerprint density at radius 2 is 1.27 bits per heavy atom. The average Bonchev–Trinajstić information content (AvgIpc) is 2.87. The minimum absolute atomic E-state index is 0.172. The maximum atomic E-state index is 13.1. The first kappa shape index (κ1) is 23.7. The molecule has 0 aliphatic rings. The van der Waals surface area contributed by atoms with Crippen molar-refractivity contribution in [3.63, 3.8) is 0 Å². The molecular formula is C26H25NO6. The van der Waals surface area contributed by atoms with Crippen molar-refractivity contribution in [2.24, 2.45) is 0 Å². The molecule has 0 spiro atoms. The van der Waals surface area contributed by atoms with Gasteiger partial charge < -0.3 is 14.6 Å². The highest BCUT2D eigenvalue weighted by Gasteiger charge is 2.42. The Kier molecular flexibility index (Phi) is 7.94. The average molecular weight is 447 g/mol. The smallest absolute Gasteiger partial charge is 0.348 e. The standard InChI is InChI=1S/C26H25NO6/c1-2-32-24(29)18-27(22-16-10-5-11-17-22)23(28)19-33-25(30)26(31,20-12-6-3-7-13-20)21-14-8-4-9-15-21/h3-17,31H,2,18-19H2,1H3. The predicted molar refractivity (Wildman–Crippen MR) is 122 cm³/mol. The molecule has 33 heavy (non-hydrogen) atoms. The van der Waals surface area contributed by atoms with Crippen molar-refractivity contribution in [3.8, 4) is 0 Å². The Balaban J connectivity index is 1.82. The van der Waals surface area contributed by atoms with E-state index in [1.54, 1.807) is 97.9 Å². The van der Waals surface area contributed by atoms with Gasteiger partial charge in [0, 0.05) is 5.69 Å². The summed E-state index contributed by atoms with van der Waals surface area (Å²) in [6.45, 7) is 0.833. The normalized spacial score (nSPS) is 10.8. The van der Waals surface area contributed by atoms with Crippen molar-refractivity contribution in [3.05, 3.63) is 102 Å². The predicted octanol–water partition coefficient (Wildman–Crippen LogP) is 3.06. The van der Waals surface area contributed by atoms with Gasteiger partial charge in [-0.15, -0.1) is 0 Å². The Morgan fingerprint density at radius 1 is 0.788 bits per heavy atom. The highest BCUT2D eigenvalue weighted by molar-refractivity contribution is 5.99. The van der Waals surface area contributed by atoms with E-state index in [9.17, 15) is 19.5 Å². The number of ether oxygens (including phenoxy) is 2. The van der Waals surface area contributed by atoms with Crippen LogP contribution >= 0.6 is 0 Å². The van der Waals surface area contributed by atoms with Crippen LogP contribution in [-0.4, -0.2) is 42.7 Å². The summed E-state index contributed by atoms with van der Waals surface area (Å²) < 4.78 is 10.2. The fourth-order valence-electron chi connectivity index (χ4n) is 3.34. The van der Waals surface area contributed by atoms with Crippen LogP contribution in [0.3, 0.4) is 0 Å². The minimum atomic E-state index is -2.11. The highest BCUT2D eigenvalue weighted by Crippen LogP contribution is 2.31. The van der Waals surface area contributed by atoms with Gasteiger partial charge in [-0.1, -0.05) is 78.9 Å². The minimum Gasteiger partial charge on any atom is -0.465 e. The lowest BCUT2D eigenvalue weighted by Crippen LogP contribution is -2.43. The van der Waals surface area contributed by atoms with Crippen LogP contribution in [0.25, 0.3) is 0 Å². The fraction of sp³-hybridized carbons (Fsp3) is 0.192. The van der Waals surface area contributed by atoms with Gasteiger partial charge in [0.05, 0.1) is 6.61 Å². The van der Waals surface area contributed by atoms with Crippen LogP contribution in [0.2, 0.25) is 0 Å². The number of carbonyl (C=O) groups is 3. The summed E-state index contributed by atoms with van der Waals surface area (Å²) in [5.74, 6) is -2.23. The Morgan fingerprint density at radius 3 is 1.76 bits per heavy atom. The molecule has 0 saturated carbocycles. The number of para-hydroxylation sites is 1. The van der Waals surface area contributed by atoms with Crippen LogP contribution in [0.15, 0.2) is 91.0 Å². The van der Waals surface area contributed by atoms with Crippen molar-refractivity contribution >= 4 is 23.5 Å². The molecule has 0 saturated heterocycles. The molecule has 0 aliphatic heterocycles. The molecule has 1 N–H and O–H groups in total. The molecule has 170 valence electrons. The second kappa shape index (κ2) is 11.1. The first-order chi connectivity index (χ1) is 16.0. The van der Waals surface area contributed by atoms with Gasteiger partial charge in [0.1, 0.15) is 6.54 Å². The van der Waals surface area contributed by atoms with Crippen LogP contribution in [0, 0.1) is 0 Å². The van der Waals surface area contributed by atoms with Gasteiger partial charge in [0.15, 0.2) is 6.61 Å². The second-order valence-corrected chi connectivity index (χ2v) is 7.14. The third-order valence-electron chi connectivity index (χ3n) is 4.97. The largest absolute Gasteiger partial charge is 0.465 e. The third kappa shape index (κ3) is 5.64. The number of hydrogen-bond acceptors (Lipinski definition) is 6. The van der Waals surface area contributed by atoms with Gasteiger partial charge in [0.25, 0.3) is 5.91 Å². The Hall–Kier alpha value is -3.97. The summed E-state index contributed by atoms with van der Waals surface area (Å²) in [4.78, 5) is 39.3. The number of hydrogen-bond donors (Lipinski definition) is 1. The summed E-state index contributed by atoms with van der Waals surface area (Å²) in [7, 11) is 0. The van der Waals surface area contributed by atoms with Gasteiger partial charge >= 0.3 is 11.9 Å². The van der Waals surface area contributed by atoms with Crippen molar-refractivity contribution in [1.29, 1.82) is 0 Å². The lowest BCUT2D eigenvalue weighted by molar-refractivity contribution is -0.164. The number of anilines is 1. The first-order valence-electron chi connectivity index (χ1n) is 10.5. The molecule has 0 heterocycles. The molecule has 0 radical (unpaired) electrons. The molecule has 3 aromatic rings. The molecule has 3 rings (SSSR count). The van der Waals surface area contributed by atoms with Crippen LogP contribution in [0.5, 0.6) is 0 Å². The van der Waals surface area contributed by atoms with E-state index in [0.717, 1.165) is 0 Å². The second-order valence-electron chi connectivity index (χ2n) is 7.14. The van der Waals surface area contributed by atoms with Crippen molar-refractivity contribution in [2.45, 2.75) is 12.5 Å². The third-order valence-corrected chi connectivity index (χ3v) is 4.97. The van der Waals surface area contributed by atoms with Crippen LogP contribution < -0.4 is 4.90 Å². The summed E-state index contributed by atoms with van der Waals surface area (Å²) in [5.41, 5.74) is -1.05. The van der Waals surface area contributed by atoms with Gasteiger partial charge in [-0.3, -0.25) is 14.5 Å². The maximum Gasteiger partial charge on any atom is 0.348 e. The number of nitrogens with zero attached hydrogens (tertiary/aromatic N) is 1. The fourth-order valence-corrected chi connectivity index (χ4v) is 3.34. The number of amides is 1. The SMILES string of the molecule is CCOC(=O)CN(C(=O)COC(=O)C(O)(c1ccccc1)c1ccccc1)c1ccccc1. The first-order valence-corrected chi connectivity index (χ1v) is 10.5. The molecule has 7 heteroatoms. The van der Waals surface area contributed by atoms with E-state index in [-0.39, 0.29) is 13.2 Å².